The zero-order valence-electron chi connectivity index (χ0n) is 13.0. The van der Waals surface area contributed by atoms with Crippen molar-refractivity contribution in [1.82, 2.24) is 9.21 Å². The van der Waals surface area contributed by atoms with E-state index in [9.17, 15) is 13.2 Å². The molecule has 0 aliphatic heterocycles. The van der Waals surface area contributed by atoms with Gasteiger partial charge in [-0.25, -0.2) is 8.42 Å². The lowest BCUT2D eigenvalue weighted by Gasteiger charge is -2.20. The molecule has 0 saturated carbocycles. The summed E-state index contributed by atoms with van der Waals surface area (Å²) in [6.45, 7) is 0.910. The van der Waals surface area contributed by atoms with Crippen molar-refractivity contribution in [2.75, 3.05) is 45.3 Å². The molecular formula is C14H22BrN3O3S. The first-order valence-corrected chi connectivity index (χ1v) is 9.48. The van der Waals surface area contributed by atoms with Gasteiger partial charge in [0.2, 0.25) is 15.9 Å². The maximum absolute atomic E-state index is 12.0. The minimum absolute atomic E-state index is 0.178. The molecule has 1 rings (SSSR count). The molecule has 1 N–H and O–H groups in total. The highest BCUT2D eigenvalue weighted by Gasteiger charge is 2.19. The van der Waals surface area contributed by atoms with Gasteiger partial charge in [0.15, 0.2) is 0 Å². The van der Waals surface area contributed by atoms with E-state index in [0.29, 0.717) is 18.7 Å². The summed E-state index contributed by atoms with van der Waals surface area (Å²) in [4.78, 5) is 14.0. The summed E-state index contributed by atoms with van der Waals surface area (Å²) >= 11 is 3.31. The average molecular weight is 392 g/mol. The molecule has 6 nitrogen and oxygen atoms in total. The molecule has 0 saturated heterocycles. The Morgan fingerprint density at radius 3 is 2.27 bits per heavy atom. The van der Waals surface area contributed by atoms with Gasteiger partial charge in [0.25, 0.3) is 0 Å². The molecule has 1 aromatic rings. The predicted molar refractivity (Wildman–Crippen MR) is 92.4 cm³/mol. The molecule has 0 spiro atoms. The number of nitrogens with one attached hydrogen (secondary N) is 1. The maximum Gasteiger partial charge on any atom is 0.239 e. The minimum atomic E-state index is -3.41. The molecule has 0 aliphatic carbocycles. The zero-order chi connectivity index (χ0) is 16.8. The normalized spacial score (nSPS) is 11.9. The Morgan fingerprint density at radius 2 is 1.77 bits per heavy atom. The average Bonchev–Trinajstić information content (AvgIpc) is 2.39. The third-order valence-corrected chi connectivity index (χ3v) is 4.71. The van der Waals surface area contributed by atoms with E-state index in [1.807, 2.05) is 19.0 Å². The third-order valence-electron chi connectivity index (χ3n) is 2.93. The highest BCUT2D eigenvalue weighted by atomic mass is 79.9. The van der Waals surface area contributed by atoms with Gasteiger partial charge in [-0.15, -0.1) is 0 Å². The standard InChI is InChI=1S/C14H22BrN3O3S/c1-17(2)9-4-10-18(22(3,20)21)11-14(19)16-13-7-5-12(15)6-8-13/h5-8H,4,9-11H2,1-3H3,(H,16,19). The van der Waals surface area contributed by atoms with Crippen molar-refractivity contribution < 1.29 is 13.2 Å². The number of nitrogens with zero attached hydrogens (tertiary/aromatic N) is 2. The van der Waals surface area contributed by atoms with Gasteiger partial charge >= 0.3 is 0 Å². The Morgan fingerprint density at radius 1 is 1.18 bits per heavy atom. The van der Waals surface area contributed by atoms with Crippen LogP contribution in [0.4, 0.5) is 5.69 Å². The van der Waals surface area contributed by atoms with Crippen LogP contribution in [0.3, 0.4) is 0 Å². The number of benzene rings is 1. The molecule has 0 aromatic heterocycles. The number of halogens is 1. The molecule has 0 fully saturated rings. The Kier molecular flexibility index (Phi) is 7.47. The van der Waals surface area contributed by atoms with Crippen molar-refractivity contribution in [3.05, 3.63) is 28.7 Å². The van der Waals surface area contributed by atoms with E-state index in [1.165, 1.54) is 4.31 Å². The van der Waals surface area contributed by atoms with Gasteiger partial charge in [0, 0.05) is 16.7 Å². The van der Waals surface area contributed by atoms with Gasteiger partial charge in [-0.1, -0.05) is 15.9 Å². The number of rotatable bonds is 8. The molecule has 8 heteroatoms. The highest BCUT2D eigenvalue weighted by molar-refractivity contribution is 9.10. The number of amides is 1. The summed E-state index contributed by atoms with van der Waals surface area (Å²) in [7, 11) is 0.433. The Bertz CT molecular complexity index is 588. The van der Waals surface area contributed by atoms with E-state index < -0.39 is 10.0 Å². The van der Waals surface area contributed by atoms with Gasteiger partial charge in [0.05, 0.1) is 12.8 Å². The van der Waals surface area contributed by atoms with Crippen LogP contribution in [0.25, 0.3) is 0 Å². The topological polar surface area (TPSA) is 69.7 Å². The second-order valence-electron chi connectivity index (χ2n) is 5.31. The fourth-order valence-electron chi connectivity index (χ4n) is 1.82. The number of carbonyl (C=O) groups is 1. The Hall–Kier alpha value is -0.960. The fraction of sp³-hybridized carbons (Fsp3) is 0.500. The van der Waals surface area contributed by atoms with Gasteiger partial charge in [-0.05, 0) is 51.3 Å². The summed E-state index contributed by atoms with van der Waals surface area (Å²) < 4.78 is 25.6. The largest absolute Gasteiger partial charge is 0.325 e. The first kappa shape index (κ1) is 19.1. The van der Waals surface area contributed by atoms with Gasteiger partial charge < -0.3 is 10.2 Å². The quantitative estimate of drug-likeness (QED) is 0.730. The second-order valence-corrected chi connectivity index (χ2v) is 8.21. The molecule has 0 bridgehead atoms. The molecule has 0 aliphatic rings. The first-order valence-electron chi connectivity index (χ1n) is 6.84. The number of hydrogen-bond donors (Lipinski definition) is 1. The third kappa shape index (κ3) is 7.35. The molecular weight excluding hydrogens is 370 g/mol. The van der Waals surface area contributed by atoms with Crippen LogP contribution >= 0.6 is 15.9 Å². The minimum Gasteiger partial charge on any atom is -0.325 e. The second kappa shape index (κ2) is 8.61. The van der Waals surface area contributed by atoms with E-state index in [1.54, 1.807) is 24.3 Å². The van der Waals surface area contributed by atoms with E-state index in [2.05, 4.69) is 21.2 Å². The van der Waals surface area contributed by atoms with Crippen LogP contribution in [0, 0.1) is 0 Å². The molecule has 0 radical (unpaired) electrons. The van der Waals surface area contributed by atoms with Crippen LogP contribution in [0.2, 0.25) is 0 Å². The lowest BCUT2D eigenvalue weighted by atomic mass is 10.3. The van der Waals surface area contributed by atoms with Crippen molar-refractivity contribution in [3.8, 4) is 0 Å². The van der Waals surface area contributed by atoms with Crippen molar-refractivity contribution in [3.63, 3.8) is 0 Å². The number of carbonyl (C=O) groups excluding carboxylic acids is 1. The van der Waals surface area contributed by atoms with E-state index in [0.717, 1.165) is 17.3 Å². The van der Waals surface area contributed by atoms with Gasteiger partial charge in [0.1, 0.15) is 0 Å². The summed E-state index contributed by atoms with van der Waals surface area (Å²) in [5.74, 6) is -0.349. The van der Waals surface area contributed by atoms with Gasteiger partial charge in [-0.2, -0.15) is 4.31 Å². The van der Waals surface area contributed by atoms with Crippen LogP contribution in [-0.4, -0.2) is 63.5 Å². The predicted octanol–water partition coefficient (Wildman–Crippen LogP) is 1.60. The van der Waals surface area contributed by atoms with E-state index in [-0.39, 0.29) is 12.5 Å². The Labute approximate surface area is 140 Å². The van der Waals surface area contributed by atoms with Crippen LogP contribution in [-0.2, 0) is 14.8 Å². The lowest BCUT2D eigenvalue weighted by Crippen LogP contribution is -2.38. The molecule has 1 aromatic carbocycles. The summed E-state index contributed by atoms with van der Waals surface area (Å²) in [6, 6.07) is 7.11. The van der Waals surface area contributed by atoms with Crippen LogP contribution in [0.15, 0.2) is 28.7 Å². The zero-order valence-corrected chi connectivity index (χ0v) is 15.4. The van der Waals surface area contributed by atoms with Crippen LogP contribution in [0.1, 0.15) is 6.42 Å². The first-order chi connectivity index (χ1) is 10.2. The van der Waals surface area contributed by atoms with E-state index in [4.69, 9.17) is 0 Å². The van der Waals surface area contributed by atoms with Crippen LogP contribution in [0.5, 0.6) is 0 Å². The Balaban J connectivity index is 2.60. The summed E-state index contributed by atoms with van der Waals surface area (Å²) in [5, 5.41) is 2.69. The number of hydrogen-bond acceptors (Lipinski definition) is 4. The lowest BCUT2D eigenvalue weighted by molar-refractivity contribution is -0.116. The monoisotopic (exact) mass is 391 g/mol. The van der Waals surface area contributed by atoms with Crippen molar-refractivity contribution in [2.24, 2.45) is 0 Å². The van der Waals surface area contributed by atoms with Crippen molar-refractivity contribution in [2.45, 2.75) is 6.42 Å². The SMILES string of the molecule is CN(C)CCCN(CC(=O)Nc1ccc(Br)cc1)S(C)(=O)=O. The summed E-state index contributed by atoms with van der Waals surface area (Å²) in [6.07, 6.45) is 1.79. The van der Waals surface area contributed by atoms with Gasteiger partial charge in [-0.3, -0.25) is 4.79 Å². The molecule has 0 heterocycles. The van der Waals surface area contributed by atoms with E-state index >= 15 is 0 Å². The highest BCUT2D eigenvalue weighted by Crippen LogP contribution is 2.14. The molecule has 22 heavy (non-hydrogen) atoms. The summed E-state index contributed by atoms with van der Waals surface area (Å²) in [5.41, 5.74) is 0.634. The van der Waals surface area contributed by atoms with Crippen LogP contribution < -0.4 is 5.32 Å². The maximum atomic E-state index is 12.0. The molecule has 0 atom stereocenters. The number of sulfonamides is 1. The smallest absolute Gasteiger partial charge is 0.239 e. The molecule has 1 amide bonds. The molecule has 0 unspecified atom stereocenters. The fourth-order valence-corrected chi connectivity index (χ4v) is 2.90. The van der Waals surface area contributed by atoms with Crippen molar-refractivity contribution >= 4 is 37.5 Å². The number of anilines is 1. The molecule has 124 valence electrons. The van der Waals surface area contributed by atoms with Crippen molar-refractivity contribution in [1.29, 1.82) is 0 Å².